The number of aliphatic hydroxyl groups excluding tert-OH is 2. The van der Waals surface area contributed by atoms with Crippen LogP contribution in [0.2, 0.25) is 5.02 Å². The van der Waals surface area contributed by atoms with E-state index in [9.17, 15) is 14.4 Å². The van der Waals surface area contributed by atoms with Crippen molar-refractivity contribution >= 4 is 29.1 Å². The number of carbonyl (C=O) groups is 2. The minimum absolute atomic E-state index is 0.172. The van der Waals surface area contributed by atoms with Gasteiger partial charge in [0.2, 0.25) is 5.91 Å². The lowest BCUT2D eigenvalue weighted by Gasteiger charge is -2.19. The molecule has 0 aliphatic rings. The maximum atomic E-state index is 12.9. The lowest BCUT2D eigenvalue weighted by molar-refractivity contribution is -0.123. The number of halogens is 1. The minimum Gasteiger partial charge on any atom is -0.394 e. The van der Waals surface area contributed by atoms with E-state index in [1.54, 1.807) is 63.2 Å². The molecule has 0 bridgehead atoms. The fourth-order valence-electron chi connectivity index (χ4n) is 3.27. The predicted octanol–water partition coefficient (Wildman–Crippen LogP) is 2.68. The topological polar surface area (TPSA) is 134 Å². The van der Waals surface area contributed by atoms with Crippen molar-refractivity contribution in [2.24, 2.45) is 5.41 Å². The number of rotatable bonds is 8. The lowest BCUT2D eigenvalue weighted by atomic mass is 9.95. The largest absolute Gasteiger partial charge is 0.394 e. The Morgan fingerprint density at radius 2 is 1.81 bits per heavy atom. The SMILES string of the molecule is CC(C)(C)C(=O)Nc1cc(Cl)ccc1-c1cc(=O)n(Cc2cccc(C(=O)NC(CO)CO)c2)cn1. The number of amides is 2. The van der Waals surface area contributed by atoms with Crippen molar-refractivity contribution in [3.05, 3.63) is 81.4 Å². The molecule has 9 nitrogen and oxygen atoms in total. The average molecular weight is 513 g/mol. The molecule has 0 aliphatic carbocycles. The van der Waals surface area contributed by atoms with E-state index in [0.717, 1.165) is 0 Å². The van der Waals surface area contributed by atoms with Crippen molar-refractivity contribution in [3.63, 3.8) is 0 Å². The van der Waals surface area contributed by atoms with E-state index < -0.39 is 17.4 Å². The van der Waals surface area contributed by atoms with Crippen LogP contribution in [0.1, 0.15) is 36.7 Å². The maximum Gasteiger partial charge on any atom is 0.254 e. The van der Waals surface area contributed by atoms with Gasteiger partial charge < -0.3 is 20.8 Å². The summed E-state index contributed by atoms with van der Waals surface area (Å²) in [5.74, 6) is -0.647. The van der Waals surface area contributed by atoms with Crippen LogP contribution in [0, 0.1) is 5.41 Å². The molecule has 0 atom stereocenters. The van der Waals surface area contributed by atoms with Crippen LogP contribution in [-0.2, 0) is 11.3 Å². The lowest BCUT2D eigenvalue weighted by Crippen LogP contribution is -2.40. The summed E-state index contributed by atoms with van der Waals surface area (Å²) in [5.41, 5.74) is 1.46. The van der Waals surface area contributed by atoms with Gasteiger partial charge >= 0.3 is 0 Å². The molecule has 10 heteroatoms. The predicted molar refractivity (Wildman–Crippen MR) is 138 cm³/mol. The molecule has 0 radical (unpaired) electrons. The Labute approximate surface area is 213 Å². The number of hydrogen-bond donors (Lipinski definition) is 4. The monoisotopic (exact) mass is 512 g/mol. The fraction of sp³-hybridized carbons (Fsp3) is 0.308. The van der Waals surface area contributed by atoms with Gasteiger partial charge in [0.15, 0.2) is 0 Å². The number of benzene rings is 2. The van der Waals surface area contributed by atoms with Crippen LogP contribution in [0.5, 0.6) is 0 Å². The van der Waals surface area contributed by atoms with Gasteiger partial charge in [-0.25, -0.2) is 4.98 Å². The molecular weight excluding hydrogens is 484 g/mol. The second-order valence-corrected chi connectivity index (χ2v) is 9.81. The number of aliphatic hydroxyl groups is 2. The molecule has 1 heterocycles. The van der Waals surface area contributed by atoms with Gasteiger partial charge in [-0.1, -0.05) is 44.5 Å². The highest BCUT2D eigenvalue weighted by molar-refractivity contribution is 6.31. The van der Waals surface area contributed by atoms with Gasteiger partial charge in [0.25, 0.3) is 11.5 Å². The van der Waals surface area contributed by atoms with Crippen LogP contribution in [-0.4, -0.2) is 50.8 Å². The summed E-state index contributed by atoms with van der Waals surface area (Å²) in [5, 5.41) is 24.2. The van der Waals surface area contributed by atoms with Crippen LogP contribution in [0.4, 0.5) is 5.69 Å². The Morgan fingerprint density at radius 3 is 2.44 bits per heavy atom. The Bertz CT molecular complexity index is 1310. The summed E-state index contributed by atoms with van der Waals surface area (Å²) in [4.78, 5) is 42.2. The third-order valence-corrected chi connectivity index (χ3v) is 5.62. The molecule has 0 saturated carbocycles. The summed E-state index contributed by atoms with van der Waals surface area (Å²) < 4.78 is 1.40. The third-order valence-electron chi connectivity index (χ3n) is 5.38. The molecule has 190 valence electrons. The molecule has 0 fully saturated rings. The van der Waals surface area contributed by atoms with Gasteiger partial charge in [0.1, 0.15) is 0 Å². The van der Waals surface area contributed by atoms with E-state index in [0.29, 0.717) is 33.1 Å². The molecule has 3 aromatic rings. The zero-order valence-corrected chi connectivity index (χ0v) is 21.0. The maximum absolute atomic E-state index is 12.9. The highest BCUT2D eigenvalue weighted by Gasteiger charge is 2.23. The van der Waals surface area contributed by atoms with E-state index in [-0.39, 0.29) is 31.2 Å². The number of carbonyl (C=O) groups excluding carboxylic acids is 2. The molecule has 2 amide bonds. The Kier molecular flexibility index (Phi) is 8.62. The Morgan fingerprint density at radius 1 is 1.08 bits per heavy atom. The van der Waals surface area contributed by atoms with Gasteiger partial charge in [0.05, 0.1) is 43.5 Å². The molecule has 0 aliphatic heterocycles. The Hall–Kier alpha value is -3.53. The standard InChI is InChI=1S/C26H29ClN4O5/c1-26(2,3)25(36)30-22-10-18(27)7-8-20(22)21-11-23(34)31(15-28-21)12-16-5-4-6-17(9-16)24(35)29-19(13-32)14-33/h4-11,15,19,32-33H,12-14H2,1-3H3,(H,29,35)(H,30,36). The Balaban J connectivity index is 1.84. The zero-order valence-electron chi connectivity index (χ0n) is 20.3. The molecule has 2 aromatic carbocycles. The molecule has 1 aromatic heterocycles. The van der Waals surface area contributed by atoms with Gasteiger partial charge in [-0.15, -0.1) is 0 Å². The van der Waals surface area contributed by atoms with Crippen LogP contribution < -0.4 is 16.2 Å². The molecule has 0 spiro atoms. The summed E-state index contributed by atoms with van der Waals surface area (Å²) >= 11 is 6.14. The highest BCUT2D eigenvalue weighted by Crippen LogP contribution is 2.30. The van der Waals surface area contributed by atoms with E-state index in [1.807, 2.05) is 0 Å². The van der Waals surface area contributed by atoms with Crippen molar-refractivity contribution in [2.45, 2.75) is 33.4 Å². The quantitative estimate of drug-likeness (QED) is 0.366. The first-order valence-corrected chi connectivity index (χ1v) is 11.7. The van der Waals surface area contributed by atoms with Crippen molar-refractivity contribution in [3.8, 4) is 11.3 Å². The molecular formula is C26H29ClN4O5. The van der Waals surface area contributed by atoms with E-state index in [2.05, 4.69) is 15.6 Å². The molecule has 3 rings (SSSR count). The second kappa shape index (κ2) is 11.5. The van der Waals surface area contributed by atoms with Crippen LogP contribution in [0.15, 0.2) is 59.7 Å². The number of anilines is 1. The molecule has 0 saturated heterocycles. The second-order valence-electron chi connectivity index (χ2n) is 9.37. The van der Waals surface area contributed by atoms with E-state index in [4.69, 9.17) is 21.8 Å². The van der Waals surface area contributed by atoms with E-state index >= 15 is 0 Å². The smallest absolute Gasteiger partial charge is 0.254 e. The highest BCUT2D eigenvalue weighted by atomic mass is 35.5. The van der Waals surface area contributed by atoms with Crippen LogP contribution >= 0.6 is 11.6 Å². The van der Waals surface area contributed by atoms with Gasteiger partial charge in [-0.05, 0) is 35.9 Å². The summed E-state index contributed by atoms with van der Waals surface area (Å²) in [7, 11) is 0. The first-order valence-electron chi connectivity index (χ1n) is 11.3. The summed E-state index contributed by atoms with van der Waals surface area (Å²) in [6.07, 6.45) is 1.40. The average Bonchev–Trinajstić information content (AvgIpc) is 2.83. The minimum atomic E-state index is -0.758. The molecule has 4 N–H and O–H groups in total. The number of aromatic nitrogens is 2. The summed E-state index contributed by atoms with van der Waals surface area (Å²) in [6, 6.07) is 12.3. The number of nitrogens with zero attached hydrogens (tertiary/aromatic N) is 2. The van der Waals surface area contributed by atoms with Crippen LogP contribution in [0.3, 0.4) is 0 Å². The first-order chi connectivity index (χ1) is 17.0. The van der Waals surface area contributed by atoms with Crippen LogP contribution in [0.25, 0.3) is 11.3 Å². The van der Waals surface area contributed by atoms with Gasteiger partial charge in [0, 0.05) is 27.6 Å². The first kappa shape index (κ1) is 27.1. The van der Waals surface area contributed by atoms with Gasteiger partial charge in [-0.2, -0.15) is 0 Å². The normalized spacial score (nSPS) is 11.4. The zero-order chi connectivity index (χ0) is 26.5. The molecule has 36 heavy (non-hydrogen) atoms. The number of nitrogens with one attached hydrogen (secondary N) is 2. The van der Waals surface area contributed by atoms with E-state index in [1.165, 1.54) is 17.0 Å². The van der Waals surface area contributed by atoms with Gasteiger partial charge in [-0.3, -0.25) is 19.0 Å². The van der Waals surface area contributed by atoms with Crippen molar-refractivity contribution in [1.82, 2.24) is 14.9 Å². The van der Waals surface area contributed by atoms with Crippen molar-refractivity contribution in [1.29, 1.82) is 0 Å². The summed E-state index contributed by atoms with van der Waals surface area (Å²) in [6.45, 7) is 4.78. The van der Waals surface area contributed by atoms with Crippen molar-refractivity contribution in [2.75, 3.05) is 18.5 Å². The fourth-order valence-corrected chi connectivity index (χ4v) is 3.44. The number of hydrogen-bond acceptors (Lipinski definition) is 6. The third kappa shape index (κ3) is 6.78. The molecule has 0 unspecified atom stereocenters. The van der Waals surface area contributed by atoms with Crippen molar-refractivity contribution < 1.29 is 19.8 Å².